The van der Waals surface area contributed by atoms with E-state index in [4.69, 9.17) is 10.00 Å². The highest BCUT2D eigenvalue weighted by molar-refractivity contribution is 5.81. The maximum absolute atomic E-state index is 11.8. The van der Waals surface area contributed by atoms with E-state index in [0.29, 0.717) is 6.42 Å². The lowest BCUT2D eigenvalue weighted by molar-refractivity contribution is -0.124. The first-order valence-corrected chi connectivity index (χ1v) is 5.96. The zero-order valence-electron chi connectivity index (χ0n) is 10.9. The Morgan fingerprint density at radius 3 is 2.50 bits per heavy atom. The number of nitrogens with zero attached hydrogens (tertiary/aromatic N) is 1. The first-order valence-electron chi connectivity index (χ1n) is 5.96. The first-order chi connectivity index (χ1) is 8.62. The number of ether oxygens (including phenoxy) is 1. The third kappa shape index (κ3) is 3.49. The lowest BCUT2D eigenvalue weighted by atomic mass is 10.0. The van der Waals surface area contributed by atoms with E-state index in [1.165, 1.54) is 0 Å². The van der Waals surface area contributed by atoms with Crippen LogP contribution in [0.4, 0.5) is 0 Å². The normalized spacial score (nSPS) is 13.2. The van der Waals surface area contributed by atoms with Crippen molar-refractivity contribution in [2.24, 2.45) is 5.92 Å². The molecule has 0 aliphatic rings. The van der Waals surface area contributed by atoms with Gasteiger partial charge in [0.15, 0.2) is 0 Å². The van der Waals surface area contributed by atoms with E-state index >= 15 is 0 Å². The van der Waals surface area contributed by atoms with Crippen molar-refractivity contribution in [1.29, 1.82) is 5.26 Å². The number of hydrogen-bond donors (Lipinski definition) is 1. The van der Waals surface area contributed by atoms with Crippen molar-refractivity contribution in [3.05, 3.63) is 29.8 Å². The molecule has 0 bridgehead atoms. The van der Waals surface area contributed by atoms with Crippen LogP contribution in [0.1, 0.15) is 31.9 Å². The molecule has 4 heteroatoms. The Morgan fingerprint density at radius 1 is 1.44 bits per heavy atom. The molecule has 2 unspecified atom stereocenters. The minimum atomic E-state index is -0.578. The minimum absolute atomic E-state index is 0.120. The van der Waals surface area contributed by atoms with E-state index < -0.39 is 5.92 Å². The Hall–Kier alpha value is -2.02. The average molecular weight is 246 g/mol. The van der Waals surface area contributed by atoms with Crippen LogP contribution in [-0.4, -0.2) is 13.0 Å². The summed E-state index contributed by atoms with van der Waals surface area (Å²) in [6.07, 6.45) is 0.525. The van der Waals surface area contributed by atoms with Gasteiger partial charge in [0.1, 0.15) is 11.7 Å². The number of carbonyl (C=O) groups is 1. The van der Waals surface area contributed by atoms with Crippen molar-refractivity contribution in [2.45, 2.75) is 26.3 Å². The van der Waals surface area contributed by atoms with Crippen molar-refractivity contribution >= 4 is 5.91 Å². The van der Waals surface area contributed by atoms with E-state index in [1.54, 1.807) is 7.11 Å². The van der Waals surface area contributed by atoms with Crippen LogP contribution in [0.15, 0.2) is 24.3 Å². The van der Waals surface area contributed by atoms with Crippen LogP contribution in [0.2, 0.25) is 0 Å². The van der Waals surface area contributed by atoms with Gasteiger partial charge in [-0.2, -0.15) is 5.26 Å². The molecule has 0 saturated carbocycles. The van der Waals surface area contributed by atoms with Crippen LogP contribution in [-0.2, 0) is 4.79 Å². The second kappa shape index (κ2) is 6.65. The molecule has 0 aliphatic carbocycles. The maximum Gasteiger partial charge on any atom is 0.237 e. The molecule has 1 N–H and O–H groups in total. The van der Waals surface area contributed by atoms with Gasteiger partial charge in [-0.1, -0.05) is 19.1 Å². The third-order valence-corrected chi connectivity index (χ3v) is 2.86. The molecule has 1 aromatic rings. The molecule has 0 aliphatic heterocycles. The van der Waals surface area contributed by atoms with E-state index in [9.17, 15) is 4.79 Å². The number of amides is 1. The van der Waals surface area contributed by atoms with Gasteiger partial charge in [-0.25, -0.2) is 0 Å². The number of methoxy groups -OCH3 is 1. The first kappa shape index (κ1) is 14.0. The van der Waals surface area contributed by atoms with Gasteiger partial charge >= 0.3 is 0 Å². The van der Waals surface area contributed by atoms with Gasteiger partial charge in [0.25, 0.3) is 0 Å². The number of hydrogen-bond acceptors (Lipinski definition) is 3. The molecule has 0 radical (unpaired) electrons. The summed E-state index contributed by atoms with van der Waals surface area (Å²) >= 11 is 0. The molecule has 4 nitrogen and oxygen atoms in total. The van der Waals surface area contributed by atoms with Crippen LogP contribution in [0.5, 0.6) is 5.75 Å². The highest BCUT2D eigenvalue weighted by Gasteiger charge is 2.17. The largest absolute Gasteiger partial charge is 0.497 e. The Bertz CT molecular complexity index is 434. The average Bonchev–Trinajstić information content (AvgIpc) is 2.40. The quantitative estimate of drug-likeness (QED) is 0.867. The van der Waals surface area contributed by atoms with Gasteiger partial charge in [-0.15, -0.1) is 0 Å². The molecule has 18 heavy (non-hydrogen) atoms. The van der Waals surface area contributed by atoms with Crippen LogP contribution in [0.3, 0.4) is 0 Å². The summed E-state index contributed by atoms with van der Waals surface area (Å²) in [7, 11) is 1.61. The summed E-state index contributed by atoms with van der Waals surface area (Å²) in [6.45, 7) is 3.72. The number of carbonyl (C=O) groups excluding carboxylic acids is 1. The van der Waals surface area contributed by atoms with Crippen LogP contribution < -0.4 is 10.1 Å². The number of rotatable bonds is 5. The number of nitrogens with one attached hydrogen (secondary N) is 1. The zero-order chi connectivity index (χ0) is 13.5. The van der Waals surface area contributed by atoms with Gasteiger partial charge in [-0.3, -0.25) is 4.79 Å². The molecule has 96 valence electrons. The second-order valence-electron chi connectivity index (χ2n) is 4.09. The Labute approximate surface area is 108 Å². The van der Waals surface area contributed by atoms with Crippen molar-refractivity contribution in [3.63, 3.8) is 0 Å². The molecule has 0 heterocycles. The van der Waals surface area contributed by atoms with E-state index in [0.717, 1.165) is 11.3 Å². The van der Waals surface area contributed by atoms with E-state index in [2.05, 4.69) is 5.32 Å². The maximum atomic E-state index is 11.8. The van der Waals surface area contributed by atoms with Gasteiger partial charge in [0, 0.05) is 0 Å². The highest BCUT2D eigenvalue weighted by Crippen LogP contribution is 2.17. The molecule has 0 saturated heterocycles. The molecule has 2 atom stereocenters. The van der Waals surface area contributed by atoms with Crippen molar-refractivity contribution in [1.82, 2.24) is 5.32 Å². The van der Waals surface area contributed by atoms with E-state index in [1.807, 2.05) is 44.2 Å². The Kier molecular flexibility index (Phi) is 5.19. The summed E-state index contributed by atoms with van der Waals surface area (Å²) in [6, 6.07) is 9.37. The third-order valence-electron chi connectivity index (χ3n) is 2.86. The van der Waals surface area contributed by atoms with Crippen LogP contribution >= 0.6 is 0 Å². The second-order valence-corrected chi connectivity index (χ2v) is 4.09. The fraction of sp³-hybridized carbons (Fsp3) is 0.429. The van der Waals surface area contributed by atoms with Gasteiger partial charge in [0.2, 0.25) is 5.91 Å². The monoisotopic (exact) mass is 246 g/mol. The number of nitriles is 1. The lowest BCUT2D eigenvalue weighted by Gasteiger charge is -2.16. The summed E-state index contributed by atoms with van der Waals surface area (Å²) in [5.74, 6) is -0.0187. The lowest BCUT2D eigenvalue weighted by Crippen LogP contribution is -2.31. The van der Waals surface area contributed by atoms with E-state index in [-0.39, 0.29) is 11.9 Å². The molecule has 0 fully saturated rings. The smallest absolute Gasteiger partial charge is 0.237 e. The molecule has 0 spiro atoms. The topological polar surface area (TPSA) is 62.1 Å². The highest BCUT2D eigenvalue weighted by atomic mass is 16.5. The van der Waals surface area contributed by atoms with Gasteiger partial charge in [0.05, 0.1) is 19.2 Å². The number of benzene rings is 1. The Balaban J connectivity index is 2.67. The summed E-state index contributed by atoms with van der Waals surface area (Å²) in [4.78, 5) is 11.8. The Morgan fingerprint density at radius 2 is 2.06 bits per heavy atom. The summed E-state index contributed by atoms with van der Waals surface area (Å²) in [5, 5.41) is 11.7. The van der Waals surface area contributed by atoms with Crippen LogP contribution in [0.25, 0.3) is 0 Å². The SMILES string of the molecule is CCC(C#N)C(=O)NC(C)c1ccc(OC)cc1. The molecular weight excluding hydrogens is 228 g/mol. The molecular formula is C14H18N2O2. The van der Waals surface area contributed by atoms with Crippen molar-refractivity contribution in [2.75, 3.05) is 7.11 Å². The summed E-state index contributed by atoms with van der Waals surface area (Å²) < 4.78 is 5.07. The predicted octanol–water partition coefficient (Wildman–Crippen LogP) is 2.42. The molecule has 1 aromatic carbocycles. The van der Waals surface area contributed by atoms with Crippen molar-refractivity contribution < 1.29 is 9.53 Å². The minimum Gasteiger partial charge on any atom is -0.497 e. The molecule has 1 amide bonds. The molecule has 1 rings (SSSR count). The van der Waals surface area contributed by atoms with Crippen molar-refractivity contribution in [3.8, 4) is 11.8 Å². The fourth-order valence-electron chi connectivity index (χ4n) is 1.63. The van der Waals surface area contributed by atoms with Gasteiger partial charge < -0.3 is 10.1 Å². The standard InChI is InChI=1S/C14H18N2O2/c1-4-11(9-15)14(17)16-10(2)12-5-7-13(18-3)8-6-12/h5-8,10-11H,4H2,1-3H3,(H,16,17). The summed E-state index contributed by atoms with van der Waals surface area (Å²) in [5.41, 5.74) is 0.983. The molecule has 0 aromatic heterocycles. The van der Waals surface area contributed by atoms with Gasteiger partial charge in [-0.05, 0) is 31.0 Å². The fourth-order valence-corrected chi connectivity index (χ4v) is 1.63. The predicted molar refractivity (Wildman–Crippen MR) is 68.9 cm³/mol. The van der Waals surface area contributed by atoms with Crippen LogP contribution in [0, 0.1) is 17.2 Å². The zero-order valence-corrected chi connectivity index (χ0v) is 10.9.